The van der Waals surface area contributed by atoms with Crippen LogP contribution in [0.25, 0.3) is 0 Å². The lowest BCUT2D eigenvalue weighted by Crippen LogP contribution is -2.43. The second-order valence-corrected chi connectivity index (χ2v) is 6.44. The molecule has 0 radical (unpaired) electrons. The number of carbonyl (C=O) groups is 1. The van der Waals surface area contributed by atoms with Crippen LogP contribution in [0.2, 0.25) is 0 Å². The first-order valence-electron chi connectivity index (χ1n) is 8.80. The minimum Gasteiger partial charge on any atom is -0.485 e. The number of fused-ring (bicyclic) bond motifs is 1. The number of hydrogen-bond donors (Lipinski definition) is 1. The Morgan fingerprint density at radius 3 is 2.52 bits per heavy atom. The zero-order chi connectivity index (χ0) is 17.1. The summed E-state index contributed by atoms with van der Waals surface area (Å²) in [5.74, 6) is 1.14. The Balaban J connectivity index is 1.31. The maximum atomic E-state index is 12.3. The number of ether oxygens (including phenoxy) is 2. The van der Waals surface area contributed by atoms with Crippen LogP contribution in [0.15, 0.2) is 48.5 Å². The molecule has 5 heteroatoms. The van der Waals surface area contributed by atoms with E-state index in [2.05, 4.69) is 34.5 Å². The molecule has 5 nitrogen and oxygen atoms in total. The van der Waals surface area contributed by atoms with Crippen molar-refractivity contribution in [3.63, 3.8) is 0 Å². The van der Waals surface area contributed by atoms with E-state index < -0.39 is 6.10 Å². The molecule has 4 rings (SSSR count). The summed E-state index contributed by atoms with van der Waals surface area (Å²) in [6.45, 7) is 2.99. The van der Waals surface area contributed by atoms with Crippen molar-refractivity contribution in [1.29, 1.82) is 0 Å². The Labute approximate surface area is 147 Å². The largest absolute Gasteiger partial charge is 0.485 e. The number of carbonyl (C=O) groups excluding carboxylic acids is 1. The zero-order valence-electron chi connectivity index (χ0n) is 14.1. The number of para-hydroxylation sites is 2. The van der Waals surface area contributed by atoms with Crippen LogP contribution in [0.1, 0.15) is 18.4 Å². The predicted molar refractivity (Wildman–Crippen MR) is 96.1 cm³/mol. The van der Waals surface area contributed by atoms with E-state index >= 15 is 0 Å². The zero-order valence-corrected chi connectivity index (χ0v) is 14.1. The Kier molecular flexibility index (Phi) is 4.46. The summed E-state index contributed by atoms with van der Waals surface area (Å²) in [6, 6.07) is 15.8. The van der Waals surface area contributed by atoms with E-state index in [4.69, 9.17) is 9.47 Å². The van der Waals surface area contributed by atoms with Crippen LogP contribution in [-0.4, -0.2) is 31.7 Å². The lowest BCUT2D eigenvalue weighted by molar-refractivity contribution is -0.130. The molecule has 25 heavy (non-hydrogen) atoms. The standard InChI is InChI=1S/C20H22N2O3/c23-20(19-14-24-17-5-1-2-6-18(17)25-19)21-13-15-7-9-16(10-8-15)22-11-3-4-12-22/h1-2,5-10,19H,3-4,11-14H2,(H,21,23)/t19-/m1/s1. The fourth-order valence-corrected chi connectivity index (χ4v) is 3.25. The highest BCUT2D eigenvalue weighted by Gasteiger charge is 2.26. The number of nitrogens with zero attached hydrogens (tertiary/aromatic N) is 1. The second kappa shape index (κ2) is 7.05. The quantitative estimate of drug-likeness (QED) is 0.931. The highest BCUT2D eigenvalue weighted by molar-refractivity contribution is 5.81. The first-order valence-corrected chi connectivity index (χ1v) is 8.80. The number of rotatable bonds is 4. The third-order valence-corrected chi connectivity index (χ3v) is 4.68. The van der Waals surface area contributed by atoms with Gasteiger partial charge in [0.1, 0.15) is 6.61 Å². The molecular weight excluding hydrogens is 316 g/mol. The van der Waals surface area contributed by atoms with Gasteiger partial charge in [0.15, 0.2) is 11.5 Å². The van der Waals surface area contributed by atoms with Gasteiger partial charge in [0.05, 0.1) is 0 Å². The molecule has 1 atom stereocenters. The Morgan fingerprint density at radius 2 is 1.76 bits per heavy atom. The van der Waals surface area contributed by atoms with E-state index in [0.29, 0.717) is 18.0 Å². The predicted octanol–water partition coefficient (Wildman–Crippen LogP) is 2.74. The average molecular weight is 338 g/mol. The summed E-state index contributed by atoms with van der Waals surface area (Å²) in [5, 5.41) is 2.93. The second-order valence-electron chi connectivity index (χ2n) is 6.44. The highest BCUT2D eigenvalue weighted by atomic mass is 16.6. The SMILES string of the molecule is O=C(NCc1ccc(N2CCCC2)cc1)[C@H]1COc2ccccc2O1. The van der Waals surface area contributed by atoms with Gasteiger partial charge in [-0.2, -0.15) is 0 Å². The summed E-state index contributed by atoms with van der Waals surface area (Å²) in [7, 11) is 0. The topological polar surface area (TPSA) is 50.8 Å². The molecular formula is C20H22N2O3. The van der Waals surface area contributed by atoms with Crippen LogP contribution in [0.3, 0.4) is 0 Å². The molecule has 0 aliphatic carbocycles. The molecule has 0 spiro atoms. The molecule has 1 amide bonds. The van der Waals surface area contributed by atoms with Gasteiger partial charge in [-0.1, -0.05) is 24.3 Å². The fraction of sp³-hybridized carbons (Fsp3) is 0.350. The molecule has 130 valence electrons. The van der Waals surface area contributed by atoms with Gasteiger partial charge in [0.2, 0.25) is 6.10 Å². The van der Waals surface area contributed by atoms with E-state index in [0.717, 1.165) is 18.7 Å². The van der Waals surface area contributed by atoms with Gasteiger partial charge in [-0.25, -0.2) is 0 Å². The number of anilines is 1. The summed E-state index contributed by atoms with van der Waals surface area (Å²) in [6.07, 6.45) is 1.92. The van der Waals surface area contributed by atoms with Crippen LogP contribution in [0, 0.1) is 0 Å². The molecule has 1 saturated heterocycles. The van der Waals surface area contributed by atoms with E-state index in [1.54, 1.807) is 0 Å². The summed E-state index contributed by atoms with van der Waals surface area (Å²) in [5.41, 5.74) is 2.33. The van der Waals surface area contributed by atoms with Gasteiger partial charge < -0.3 is 19.7 Å². The monoisotopic (exact) mass is 338 g/mol. The van der Waals surface area contributed by atoms with E-state index in [-0.39, 0.29) is 12.5 Å². The van der Waals surface area contributed by atoms with Crippen LogP contribution in [-0.2, 0) is 11.3 Å². The molecule has 0 saturated carbocycles. The van der Waals surface area contributed by atoms with Crippen LogP contribution in [0.5, 0.6) is 11.5 Å². The van der Waals surface area contributed by atoms with Gasteiger partial charge in [-0.3, -0.25) is 4.79 Å². The molecule has 1 N–H and O–H groups in total. The van der Waals surface area contributed by atoms with Gasteiger partial charge >= 0.3 is 0 Å². The minimum absolute atomic E-state index is 0.155. The number of benzene rings is 2. The van der Waals surface area contributed by atoms with Crippen molar-refractivity contribution in [3.05, 3.63) is 54.1 Å². The van der Waals surface area contributed by atoms with Crippen molar-refractivity contribution in [3.8, 4) is 11.5 Å². The van der Waals surface area contributed by atoms with Crippen molar-refractivity contribution in [2.45, 2.75) is 25.5 Å². The van der Waals surface area contributed by atoms with E-state index in [1.807, 2.05) is 24.3 Å². The molecule has 2 aliphatic rings. The van der Waals surface area contributed by atoms with Crippen LogP contribution >= 0.6 is 0 Å². The maximum Gasteiger partial charge on any atom is 0.264 e. The first-order chi connectivity index (χ1) is 12.3. The van der Waals surface area contributed by atoms with Gasteiger partial charge in [-0.15, -0.1) is 0 Å². The number of amides is 1. The average Bonchev–Trinajstić information content (AvgIpc) is 3.21. The minimum atomic E-state index is -0.612. The van der Waals surface area contributed by atoms with Gasteiger partial charge in [0.25, 0.3) is 5.91 Å². The molecule has 0 unspecified atom stereocenters. The molecule has 2 heterocycles. The number of nitrogens with one attached hydrogen (secondary N) is 1. The molecule has 0 bridgehead atoms. The lowest BCUT2D eigenvalue weighted by atomic mass is 10.2. The summed E-state index contributed by atoms with van der Waals surface area (Å²) >= 11 is 0. The van der Waals surface area contributed by atoms with Gasteiger partial charge in [0, 0.05) is 25.3 Å². The van der Waals surface area contributed by atoms with Crippen molar-refractivity contribution < 1.29 is 14.3 Å². The van der Waals surface area contributed by atoms with Crippen molar-refractivity contribution in [2.24, 2.45) is 0 Å². The molecule has 1 fully saturated rings. The van der Waals surface area contributed by atoms with E-state index in [9.17, 15) is 4.79 Å². The normalized spacial score (nSPS) is 18.9. The molecule has 0 aromatic heterocycles. The molecule has 2 aromatic carbocycles. The number of hydrogen-bond acceptors (Lipinski definition) is 4. The highest BCUT2D eigenvalue weighted by Crippen LogP contribution is 2.30. The van der Waals surface area contributed by atoms with Gasteiger partial charge in [-0.05, 0) is 42.7 Å². The van der Waals surface area contributed by atoms with Crippen molar-refractivity contribution in [1.82, 2.24) is 5.32 Å². The smallest absolute Gasteiger partial charge is 0.264 e. The Bertz CT molecular complexity index is 739. The molecule has 2 aromatic rings. The lowest BCUT2D eigenvalue weighted by Gasteiger charge is -2.25. The maximum absolute atomic E-state index is 12.3. The van der Waals surface area contributed by atoms with Crippen molar-refractivity contribution >= 4 is 11.6 Å². The van der Waals surface area contributed by atoms with E-state index in [1.165, 1.54) is 18.5 Å². The van der Waals surface area contributed by atoms with Crippen molar-refractivity contribution in [2.75, 3.05) is 24.6 Å². The van der Waals surface area contributed by atoms with Crippen LogP contribution in [0.4, 0.5) is 5.69 Å². The fourth-order valence-electron chi connectivity index (χ4n) is 3.25. The first kappa shape index (κ1) is 15.8. The Morgan fingerprint density at radius 1 is 1.04 bits per heavy atom. The summed E-state index contributed by atoms with van der Waals surface area (Å²) < 4.78 is 11.3. The third-order valence-electron chi connectivity index (χ3n) is 4.68. The summed E-state index contributed by atoms with van der Waals surface area (Å²) in [4.78, 5) is 14.7. The Hall–Kier alpha value is -2.69. The molecule has 2 aliphatic heterocycles. The third kappa shape index (κ3) is 3.55. The van der Waals surface area contributed by atoms with Crippen LogP contribution < -0.4 is 19.7 Å².